The maximum atomic E-state index is 13.2. The van der Waals surface area contributed by atoms with Gasteiger partial charge in [-0.1, -0.05) is 72.2 Å². The summed E-state index contributed by atoms with van der Waals surface area (Å²) in [7, 11) is 3.18. The molecule has 0 radical (unpaired) electrons. The van der Waals surface area contributed by atoms with Gasteiger partial charge in [0.2, 0.25) is 5.91 Å². The van der Waals surface area contributed by atoms with E-state index in [1.165, 1.54) is 47.0 Å². The fraction of sp³-hybridized carbons (Fsp3) is 0.571. The van der Waals surface area contributed by atoms with E-state index in [0.717, 1.165) is 48.3 Å². The van der Waals surface area contributed by atoms with Crippen LogP contribution in [0.15, 0.2) is 34.2 Å². The van der Waals surface area contributed by atoms with Crippen LogP contribution in [0.4, 0.5) is 0 Å². The van der Waals surface area contributed by atoms with E-state index in [1.807, 2.05) is 43.3 Å². The smallest absolute Gasteiger partial charge is 0.292 e. The van der Waals surface area contributed by atoms with Gasteiger partial charge in [-0.15, -0.1) is 11.3 Å². The minimum atomic E-state index is -0.161. The number of hydrogen-bond donors (Lipinski definition) is 2. The van der Waals surface area contributed by atoms with E-state index in [2.05, 4.69) is 82.9 Å². The van der Waals surface area contributed by atoms with Crippen molar-refractivity contribution in [2.45, 2.75) is 104 Å². The van der Waals surface area contributed by atoms with Gasteiger partial charge in [0, 0.05) is 11.4 Å². The molecule has 7 nitrogen and oxygen atoms in total. The summed E-state index contributed by atoms with van der Waals surface area (Å²) in [6, 6.07) is 8.77. The van der Waals surface area contributed by atoms with Crippen LogP contribution in [0.25, 0.3) is 21.7 Å². The topological polar surface area (TPSA) is 87.3 Å². The predicted octanol–water partition coefficient (Wildman–Crippen LogP) is 9.07. The van der Waals surface area contributed by atoms with E-state index in [1.54, 1.807) is 11.1 Å². The molecule has 2 N–H and O–H groups in total. The molecule has 9 heteroatoms. The third-order valence-corrected chi connectivity index (χ3v) is 10.4. The van der Waals surface area contributed by atoms with Crippen LogP contribution in [-0.2, 0) is 14.3 Å². The highest BCUT2D eigenvalue weighted by Crippen LogP contribution is 2.60. The molecule has 3 heterocycles. The van der Waals surface area contributed by atoms with Crippen molar-refractivity contribution in [2.75, 3.05) is 20.7 Å². The molecule has 6 rings (SSSR count). The highest BCUT2D eigenvalue weighted by molar-refractivity contribution is 9.11. The molecule has 2 fully saturated rings. The Morgan fingerprint density at radius 3 is 2.30 bits per heavy atom. The first-order valence-corrected chi connectivity index (χ1v) is 17.8. The molecular formula is C35H51BrN4O3S. The number of nitrogens with zero attached hydrogens (tertiary/aromatic N) is 2. The highest BCUT2D eigenvalue weighted by Gasteiger charge is 2.41. The Kier molecular flexibility index (Phi) is 14.1. The molecule has 1 saturated heterocycles. The number of methoxy groups -OCH3 is 1. The third-order valence-electron chi connectivity index (χ3n) is 8.43. The minimum absolute atomic E-state index is 0.0200. The van der Waals surface area contributed by atoms with Gasteiger partial charge in [-0.05, 0) is 95.1 Å². The molecule has 44 heavy (non-hydrogen) atoms. The Hall–Kier alpha value is -2.49. The Balaban J connectivity index is 0.000000528. The molecule has 2 aliphatic carbocycles. The lowest BCUT2D eigenvalue weighted by Crippen LogP contribution is -2.47. The van der Waals surface area contributed by atoms with Gasteiger partial charge in [0.05, 0.1) is 34.9 Å². The zero-order valence-corrected chi connectivity index (χ0v) is 30.1. The number of nitrogens with one attached hydrogen (secondary N) is 2. The number of hydrogen-bond acceptors (Lipinski definition) is 6. The van der Waals surface area contributed by atoms with Crippen molar-refractivity contribution >= 4 is 39.6 Å². The van der Waals surface area contributed by atoms with Crippen LogP contribution < -0.4 is 5.32 Å². The maximum absolute atomic E-state index is 13.2. The zero-order chi connectivity index (χ0) is 32.4. The molecule has 242 valence electrons. The van der Waals surface area contributed by atoms with Gasteiger partial charge in [0.25, 0.3) is 6.47 Å². The highest BCUT2D eigenvalue weighted by atomic mass is 79.9. The number of likely N-dealkylation sites (N-methyl/N-ethyl adjacent to an activating group) is 1. The van der Waals surface area contributed by atoms with Crippen LogP contribution >= 0.6 is 27.3 Å². The number of aromatic amines is 1. The number of ether oxygens (including phenoxy) is 1. The summed E-state index contributed by atoms with van der Waals surface area (Å²) in [6.07, 6.45) is 9.17. The molecule has 3 unspecified atom stereocenters. The molecule has 0 spiro atoms. The van der Waals surface area contributed by atoms with Crippen molar-refractivity contribution in [2.24, 2.45) is 5.92 Å². The number of benzene rings is 1. The van der Waals surface area contributed by atoms with Crippen LogP contribution in [0, 0.1) is 5.92 Å². The number of thiophene rings is 1. The second-order valence-corrected chi connectivity index (χ2v) is 14.1. The number of amides is 1. The van der Waals surface area contributed by atoms with E-state index in [-0.39, 0.29) is 23.9 Å². The fourth-order valence-electron chi connectivity index (χ4n) is 6.62. The number of rotatable bonds is 7. The average Bonchev–Trinajstić information content (AvgIpc) is 3.87. The molecule has 1 amide bonds. The Bertz CT molecular complexity index is 1340. The zero-order valence-electron chi connectivity index (χ0n) is 27.7. The summed E-state index contributed by atoms with van der Waals surface area (Å²) in [5.41, 5.74) is 6.66. The summed E-state index contributed by atoms with van der Waals surface area (Å²) in [4.78, 5) is 33.9. The summed E-state index contributed by atoms with van der Waals surface area (Å²) in [5, 5.41) is 3.20. The average molecular weight is 688 g/mol. The second-order valence-electron chi connectivity index (χ2n) is 11.7. The number of aromatic nitrogens is 2. The van der Waals surface area contributed by atoms with Crippen molar-refractivity contribution in [3.05, 3.63) is 51.2 Å². The SMILES string of the molecule is CC.CCC.CNC(C(=O)N1CCC[C@H]1c1ncc(-c2ccc(-c3sc(Br)c4c3C3CCC4C3)cc2)[nH]1)C(C)C.COC=O. The first kappa shape index (κ1) is 36.0. The van der Waals surface area contributed by atoms with Crippen LogP contribution in [0.5, 0.6) is 0 Å². The summed E-state index contributed by atoms with van der Waals surface area (Å²) < 4.78 is 5.20. The van der Waals surface area contributed by atoms with Crippen molar-refractivity contribution in [3.63, 3.8) is 0 Å². The van der Waals surface area contributed by atoms with Gasteiger partial charge in [0.1, 0.15) is 5.82 Å². The van der Waals surface area contributed by atoms with E-state index in [9.17, 15) is 4.79 Å². The summed E-state index contributed by atoms with van der Waals surface area (Å²) >= 11 is 5.77. The maximum Gasteiger partial charge on any atom is 0.292 e. The number of fused-ring (bicyclic) bond motifs is 5. The molecule has 3 aliphatic rings. The molecule has 1 aromatic carbocycles. The van der Waals surface area contributed by atoms with E-state index < -0.39 is 0 Å². The Morgan fingerprint density at radius 1 is 1.14 bits per heavy atom. The number of likely N-dealkylation sites (tertiary alicyclic amines) is 1. The van der Waals surface area contributed by atoms with E-state index in [0.29, 0.717) is 6.47 Å². The van der Waals surface area contributed by atoms with Gasteiger partial charge in [0.15, 0.2) is 0 Å². The van der Waals surface area contributed by atoms with Crippen LogP contribution in [0.3, 0.4) is 0 Å². The lowest BCUT2D eigenvalue weighted by atomic mass is 9.92. The van der Waals surface area contributed by atoms with Gasteiger partial charge in [-0.2, -0.15) is 0 Å². The first-order valence-electron chi connectivity index (χ1n) is 16.2. The number of imidazole rings is 1. The lowest BCUT2D eigenvalue weighted by Gasteiger charge is -2.29. The normalized spacial score (nSPS) is 20.0. The number of halogens is 1. The van der Waals surface area contributed by atoms with Crippen LogP contribution in [-0.4, -0.2) is 54.0 Å². The number of carbonyl (C=O) groups is 2. The molecule has 1 saturated carbocycles. The molecule has 3 aromatic rings. The van der Waals surface area contributed by atoms with E-state index in [4.69, 9.17) is 9.78 Å². The third kappa shape index (κ3) is 7.83. The van der Waals surface area contributed by atoms with E-state index >= 15 is 0 Å². The van der Waals surface area contributed by atoms with Crippen molar-refractivity contribution in [1.29, 1.82) is 0 Å². The molecule has 4 atom stereocenters. The molecular weight excluding hydrogens is 636 g/mol. The Labute approximate surface area is 276 Å². The summed E-state index contributed by atoms with van der Waals surface area (Å²) in [6.45, 7) is 13.6. The largest absolute Gasteiger partial charge is 0.471 e. The quantitative estimate of drug-likeness (QED) is 0.242. The fourth-order valence-corrected chi connectivity index (χ4v) is 8.85. The monoisotopic (exact) mass is 686 g/mol. The molecule has 2 aromatic heterocycles. The van der Waals surface area contributed by atoms with Gasteiger partial charge < -0.3 is 19.9 Å². The lowest BCUT2D eigenvalue weighted by molar-refractivity contribution is -0.135. The minimum Gasteiger partial charge on any atom is -0.471 e. The van der Waals surface area contributed by atoms with Gasteiger partial charge in [-0.25, -0.2) is 4.98 Å². The van der Waals surface area contributed by atoms with Crippen LogP contribution in [0.1, 0.15) is 115 Å². The second kappa shape index (κ2) is 17.3. The first-order chi connectivity index (χ1) is 21.3. The Morgan fingerprint density at radius 2 is 1.73 bits per heavy atom. The van der Waals surface area contributed by atoms with Crippen LogP contribution in [0.2, 0.25) is 0 Å². The number of H-pyrrole nitrogens is 1. The van der Waals surface area contributed by atoms with Gasteiger partial charge >= 0.3 is 0 Å². The number of carbonyl (C=O) groups excluding carboxylic acids is 2. The summed E-state index contributed by atoms with van der Waals surface area (Å²) in [5.74, 6) is 2.83. The van der Waals surface area contributed by atoms with Gasteiger partial charge in [-0.3, -0.25) is 9.59 Å². The van der Waals surface area contributed by atoms with Crippen molar-refractivity contribution in [1.82, 2.24) is 20.2 Å². The molecule has 2 bridgehead atoms. The van der Waals surface area contributed by atoms with Crippen molar-refractivity contribution in [3.8, 4) is 21.7 Å². The predicted molar refractivity (Wildman–Crippen MR) is 186 cm³/mol. The standard InChI is InChI=1S/C28H33BrN4OS.C3H8.C2H4O2.C2H6/c1-15(2)24(30-3)28(34)33-12-4-5-21(33)27-31-14-20(32-27)16-6-8-17(9-7-16)25-22-18-10-11-19(13-18)23(22)26(29)35-25;1-3-2;1-4-2-3;1-2/h6-9,14-15,18-19,21,24,30H,4-5,10-13H2,1-3H3,(H,31,32);3H2,1-2H3;2H,1H3;1-2H3/t18?,19?,21-,24?;;;/m0.../s1. The van der Waals surface area contributed by atoms with Crippen molar-refractivity contribution < 1.29 is 14.3 Å². The molecule has 1 aliphatic heterocycles.